The van der Waals surface area contributed by atoms with Crippen molar-refractivity contribution in [1.82, 2.24) is 29.8 Å². The second-order valence-corrected chi connectivity index (χ2v) is 9.01. The Balaban J connectivity index is 1.41. The quantitative estimate of drug-likeness (QED) is 0.175. The van der Waals surface area contributed by atoms with Crippen molar-refractivity contribution in [3.8, 4) is 0 Å². The monoisotopic (exact) mass is 558 g/mol. The van der Waals surface area contributed by atoms with E-state index < -0.39 is 35.5 Å². The number of fused-ring (bicyclic) bond motifs is 2. The molecule has 15 heteroatoms. The maximum Gasteiger partial charge on any atom is 0.419 e. The maximum absolute atomic E-state index is 13.3. The average Bonchev–Trinajstić information content (AvgIpc) is 3.47. The molecule has 0 radical (unpaired) electrons. The molecule has 2 aromatic carbocycles. The molecule has 0 fully saturated rings. The zero-order valence-electron chi connectivity index (χ0n) is 21.3. The minimum Gasteiger partial charge on any atom is -0.478 e. The number of amides is 3. The first-order valence-electron chi connectivity index (χ1n) is 12.0. The van der Waals surface area contributed by atoms with Gasteiger partial charge in [-0.2, -0.15) is 5.10 Å². The van der Waals surface area contributed by atoms with E-state index in [2.05, 4.69) is 20.7 Å². The van der Waals surface area contributed by atoms with E-state index in [4.69, 9.17) is 21.0 Å². The van der Waals surface area contributed by atoms with E-state index in [0.717, 1.165) is 4.52 Å². The van der Waals surface area contributed by atoms with E-state index >= 15 is 0 Å². The molecule has 0 aliphatic heterocycles. The minimum absolute atomic E-state index is 0.0180. The summed E-state index contributed by atoms with van der Waals surface area (Å²) in [6.45, 7) is 0.0629. The molecule has 3 amide bonds. The van der Waals surface area contributed by atoms with Gasteiger partial charge >= 0.3 is 11.7 Å². The van der Waals surface area contributed by atoms with E-state index in [1.54, 1.807) is 25.2 Å². The summed E-state index contributed by atoms with van der Waals surface area (Å²) in [6, 6.07) is 10.1. The van der Waals surface area contributed by atoms with Gasteiger partial charge in [-0.3, -0.25) is 19.0 Å². The fourth-order valence-electron chi connectivity index (χ4n) is 4.15. The number of carboxylic acid groups (broad SMARTS) is 1. The number of carbonyl (C=O) groups is 4. The molecule has 7 N–H and O–H groups in total. The van der Waals surface area contributed by atoms with Gasteiger partial charge in [0.1, 0.15) is 17.4 Å². The van der Waals surface area contributed by atoms with Gasteiger partial charge in [-0.05, 0) is 35.4 Å². The zero-order chi connectivity index (χ0) is 29.4. The lowest BCUT2D eigenvalue weighted by Gasteiger charge is -2.17. The second kappa shape index (κ2) is 10.3. The van der Waals surface area contributed by atoms with E-state index in [1.807, 2.05) is 0 Å². The summed E-state index contributed by atoms with van der Waals surface area (Å²) in [5.41, 5.74) is 13.1. The molecule has 5 rings (SSSR count). The van der Waals surface area contributed by atoms with Crippen molar-refractivity contribution in [2.45, 2.75) is 12.6 Å². The van der Waals surface area contributed by atoms with Crippen molar-refractivity contribution >= 4 is 46.1 Å². The molecular weight excluding hydrogens is 536 g/mol. The topological polar surface area (TPSA) is 230 Å². The molecule has 0 aliphatic rings. The van der Waals surface area contributed by atoms with Gasteiger partial charge in [0.2, 0.25) is 5.91 Å². The highest BCUT2D eigenvalue weighted by Gasteiger charge is 2.25. The number of nitrogens with one attached hydrogen (secondary N) is 2. The normalized spacial score (nSPS) is 11.8. The Bertz CT molecular complexity index is 1920. The highest BCUT2D eigenvalue weighted by Crippen LogP contribution is 2.19. The third kappa shape index (κ3) is 5.06. The number of aromatic carboxylic acids is 1. The Morgan fingerprint density at radius 3 is 2.49 bits per heavy atom. The lowest BCUT2D eigenvalue weighted by Crippen LogP contribution is -2.38. The summed E-state index contributed by atoms with van der Waals surface area (Å²) in [7, 11) is 1.56. The molecule has 0 saturated carbocycles. The third-order valence-corrected chi connectivity index (χ3v) is 6.32. The molecule has 0 spiro atoms. The van der Waals surface area contributed by atoms with Crippen LogP contribution in [0.25, 0.3) is 16.7 Å². The first-order valence-corrected chi connectivity index (χ1v) is 12.0. The molecule has 15 nitrogen and oxygen atoms in total. The van der Waals surface area contributed by atoms with Crippen LogP contribution in [0.3, 0.4) is 0 Å². The van der Waals surface area contributed by atoms with Gasteiger partial charge in [0.05, 0.1) is 23.0 Å². The van der Waals surface area contributed by atoms with Gasteiger partial charge in [-0.1, -0.05) is 18.2 Å². The van der Waals surface area contributed by atoms with Crippen molar-refractivity contribution in [3.63, 3.8) is 0 Å². The number of carbonyl (C=O) groups excluding carboxylic acids is 3. The molecule has 0 saturated heterocycles. The summed E-state index contributed by atoms with van der Waals surface area (Å²) < 4.78 is 7.56. The van der Waals surface area contributed by atoms with Crippen molar-refractivity contribution in [2.75, 3.05) is 5.73 Å². The largest absolute Gasteiger partial charge is 0.478 e. The van der Waals surface area contributed by atoms with Gasteiger partial charge in [0.15, 0.2) is 11.2 Å². The Kier molecular flexibility index (Phi) is 6.68. The van der Waals surface area contributed by atoms with Crippen LogP contribution in [0, 0.1) is 0 Å². The predicted molar refractivity (Wildman–Crippen MR) is 143 cm³/mol. The molecule has 5 aromatic rings. The van der Waals surface area contributed by atoms with Gasteiger partial charge in [-0.15, -0.1) is 0 Å². The first kappa shape index (κ1) is 26.6. The Hall–Kier alpha value is -5.99. The summed E-state index contributed by atoms with van der Waals surface area (Å²) in [5.74, 6) is -4.05. The van der Waals surface area contributed by atoms with E-state index in [1.165, 1.54) is 41.1 Å². The number of nitrogens with zero attached hydrogens (tertiary/aromatic N) is 4. The van der Waals surface area contributed by atoms with Crippen LogP contribution in [0.1, 0.15) is 48.5 Å². The third-order valence-electron chi connectivity index (χ3n) is 6.32. The van der Waals surface area contributed by atoms with E-state index in [-0.39, 0.29) is 40.4 Å². The van der Waals surface area contributed by atoms with Gasteiger partial charge < -0.3 is 31.6 Å². The number of anilines is 1. The van der Waals surface area contributed by atoms with Crippen LogP contribution >= 0.6 is 0 Å². The number of primary amides is 1. The Morgan fingerprint density at radius 1 is 1.07 bits per heavy atom. The molecule has 41 heavy (non-hydrogen) atoms. The molecule has 208 valence electrons. The van der Waals surface area contributed by atoms with Crippen LogP contribution in [0.15, 0.2) is 63.9 Å². The predicted octanol–water partition coefficient (Wildman–Crippen LogP) is 0.341. The van der Waals surface area contributed by atoms with Gasteiger partial charge in [0.25, 0.3) is 11.8 Å². The second-order valence-electron chi connectivity index (χ2n) is 9.01. The number of benzene rings is 2. The fraction of sp³-hybridized carbons (Fsp3) is 0.115. The van der Waals surface area contributed by atoms with Crippen LogP contribution in [0.2, 0.25) is 0 Å². The molecule has 3 aromatic heterocycles. The number of nitrogens with two attached hydrogens (primary N) is 2. The van der Waals surface area contributed by atoms with E-state index in [0.29, 0.717) is 16.7 Å². The van der Waals surface area contributed by atoms with Gasteiger partial charge in [0, 0.05) is 19.7 Å². The van der Waals surface area contributed by atoms with Crippen LogP contribution in [-0.2, 0) is 18.4 Å². The smallest absolute Gasteiger partial charge is 0.419 e. The van der Waals surface area contributed by atoms with Crippen molar-refractivity contribution in [1.29, 1.82) is 0 Å². The van der Waals surface area contributed by atoms with Crippen molar-refractivity contribution in [2.24, 2.45) is 12.8 Å². The molecule has 0 unspecified atom stereocenters. The molecule has 3 heterocycles. The van der Waals surface area contributed by atoms with Crippen LogP contribution < -0.4 is 27.9 Å². The highest BCUT2D eigenvalue weighted by atomic mass is 16.4. The van der Waals surface area contributed by atoms with Crippen molar-refractivity contribution in [3.05, 3.63) is 93.4 Å². The summed E-state index contributed by atoms with van der Waals surface area (Å²) in [5, 5.41) is 18.4. The molecule has 0 bridgehead atoms. The number of nitrogen functional groups attached to an aromatic ring is 1. The fourth-order valence-corrected chi connectivity index (χ4v) is 4.15. The number of rotatable bonds is 8. The van der Waals surface area contributed by atoms with Gasteiger partial charge in [-0.25, -0.2) is 19.1 Å². The molecule has 0 aliphatic carbocycles. The standard InChI is InChI=1S/C26H22N8O7/c1-33-17-8-12(2-7-19(17)41-26(33)40)10-29-23(36)16-9-18(34-22(31-16)15(27)11-30-34)24(37)32-20(21(28)35)13-3-5-14(6-4-13)25(38)39/h2-9,11,20H,10,27H2,1H3,(H2,28,35)(H,29,36)(H,32,37)(H,38,39)/t20-/m1/s1. The Labute approximate surface area is 229 Å². The lowest BCUT2D eigenvalue weighted by atomic mass is 10.0. The summed E-state index contributed by atoms with van der Waals surface area (Å²) in [4.78, 5) is 65.7. The first-order chi connectivity index (χ1) is 19.5. The number of aryl methyl sites for hydroxylation is 1. The van der Waals surface area contributed by atoms with Crippen LogP contribution in [0.5, 0.6) is 0 Å². The Morgan fingerprint density at radius 2 is 1.80 bits per heavy atom. The van der Waals surface area contributed by atoms with E-state index in [9.17, 15) is 24.0 Å². The SMILES string of the molecule is Cn1c(=O)oc2ccc(CNC(=O)c3cc(C(=O)N[C@@H](C(N)=O)c4ccc(C(=O)O)cc4)n4ncc(N)c4n3)cc21. The van der Waals surface area contributed by atoms with Crippen molar-refractivity contribution < 1.29 is 28.7 Å². The number of aromatic nitrogens is 4. The number of oxazole rings is 1. The number of carboxylic acids is 1. The molecular formula is C26H22N8O7. The van der Waals surface area contributed by atoms with Crippen LogP contribution in [-0.4, -0.2) is 48.0 Å². The van der Waals surface area contributed by atoms with Crippen LogP contribution in [0.4, 0.5) is 5.69 Å². The minimum atomic E-state index is -1.33. The maximum atomic E-state index is 13.3. The molecule has 1 atom stereocenters. The number of hydrogen-bond acceptors (Lipinski definition) is 9. The summed E-state index contributed by atoms with van der Waals surface area (Å²) >= 11 is 0. The number of hydrogen-bond donors (Lipinski definition) is 5. The zero-order valence-corrected chi connectivity index (χ0v) is 21.3. The summed E-state index contributed by atoms with van der Waals surface area (Å²) in [6.07, 6.45) is 1.25. The average molecular weight is 559 g/mol. The lowest BCUT2D eigenvalue weighted by molar-refractivity contribution is -0.120. The highest BCUT2D eigenvalue weighted by molar-refractivity contribution is 6.00.